The lowest BCUT2D eigenvalue weighted by Gasteiger charge is -2.12. The van der Waals surface area contributed by atoms with E-state index in [2.05, 4.69) is 4.74 Å². The van der Waals surface area contributed by atoms with Crippen LogP contribution >= 0.6 is 24.0 Å². The van der Waals surface area contributed by atoms with Gasteiger partial charge in [-0.1, -0.05) is 36.1 Å². The Morgan fingerprint density at radius 3 is 2.50 bits per heavy atom. The summed E-state index contributed by atoms with van der Waals surface area (Å²) < 4.78 is 42.4. The predicted octanol–water partition coefficient (Wildman–Crippen LogP) is 3.47. The van der Waals surface area contributed by atoms with Gasteiger partial charge >= 0.3 is 12.1 Å². The summed E-state index contributed by atoms with van der Waals surface area (Å²) in [6.45, 7) is 0.0989. The number of nitrogens with zero attached hydrogens (tertiary/aromatic N) is 1. The fraction of sp³-hybridized carbons (Fsp3) is 0.267. The van der Waals surface area contributed by atoms with Gasteiger partial charge in [-0.2, -0.15) is 13.2 Å². The summed E-state index contributed by atoms with van der Waals surface area (Å²) in [5.74, 6) is -0.843. The van der Waals surface area contributed by atoms with Gasteiger partial charge in [0.1, 0.15) is 4.32 Å². The highest BCUT2D eigenvalue weighted by Gasteiger charge is 2.32. The van der Waals surface area contributed by atoms with E-state index in [-0.39, 0.29) is 18.9 Å². The Bertz CT molecular complexity index is 699. The molecular formula is C15H12F3NO3S2. The van der Waals surface area contributed by atoms with Gasteiger partial charge in [-0.25, -0.2) is 0 Å². The first-order valence-corrected chi connectivity index (χ1v) is 7.94. The molecule has 0 radical (unpaired) electrons. The van der Waals surface area contributed by atoms with Crippen LogP contribution in [0.2, 0.25) is 0 Å². The third-order valence-corrected chi connectivity index (χ3v) is 4.55. The minimum Gasteiger partial charge on any atom is -0.469 e. The second-order valence-electron chi connectivity index (χ2n) is 4.78. The molecule has 1 aliphatic heterocycles. The molecule has 0 spiro atoms. The Kier molecular flexibility index (Phi) is 5.66. The number of alkyl halides is 3. The zero-order chi connectivity index (χ0) is 17.9. The second-order valence-corrected chi connectivity index (χ2v) is 6.46. The molecule has 1 heterocycles. The maximum atomic E-state index is 12.5. The van der Waals surface area contributed by atoms with Gasteiger partial charge in [0.25, 0.3) is 5.91 Å². The normalized spacial score (nSPS) is 16.8. The van der Waals surface area contributed by atoms with Crippen molar-refractivity contribution in [3.05, 3.63) is 40.3 Å². The van der Waals surface area contributed by atoms with Gasteiger partial charge < -0.3 is 4.74 Å². The van der Waals surface area contributed by atoms with Crippen LogP contribution in [-0.2, 0) is 20.5 Å². The van der Waals surface area contributed by atoms with Crippen molar-refractivity contribution in [1.82, 2.24) is 4.90 Å². The molecule has 0 saturated carbocycles. The van der Waals surface area contributed by atoms with Crippen LogP contribution in [0.3, 0.4) is 0 Å². The Morgan fingerprint density at radius 2 is 1.96 bits per heavy atom. The van der Waals surface area contributed by atoms with Crippen LogP contribution in [0.15, 0.2) is 29.2 Å². The molecule has 0 bridgehead atoms. The lowest BCUT2D eigenvalue weighted by Crippen LogP contribution is -2.30. The number of esters is 1. The zero-order valence-corrected chi connectivity index (χ0v) is 14.1. The van der Waals surface area contributed by atoms with Gasteiger partial charge in [-0.15, -0.1) is 0 Å². The van der Waals surface area contributed by atoms with E-state index in [0.717, 1.165) is 23.9 Å². The molecule has 1 saturated heterocycles. The highest BCUT2D eigenvalue weighted by atomic mass is 32.2. The standard InChI is InChI=1S/C15H12F3NO3S2/c1-22-12(20)6-7-19-13(21)11(24-14(19)23)8-9-2-4-10(5-3-9)15(16,17)18/h2-5,8H,6-7H2,1H3/b11-8+. The molecule has 0 aromatic heterocycles. The molecule has 9 heteroatoms. The molecular weight excluding hydrogens is 363 g/mol. The summed E-state index contributed by atoms with van der Waals surface area (Å²) in [6.07, 6.45) is -2.93. The van der Waals surface area contributed by atoms with Gasteiger partial charge in [0.05, 0.1) is 24.0 Å². The summed E-state index contributed by atoms with van der Waals surface area (Å²) in [5.41, 5.74) is -0.304. The number of thioether (sulfide) groups is 1. The topological polar surface area (TPSA) is 46.6 Å². The average Bonchev–Trinajstić information content (AvgIpc) is 2.78. The van der Waals surface area contributed by atoms with Crippen molar-refractivity contribution in [3.63, 3.8) is 0 Å². The van der Waals surface area contributed by atoms with E-state index in [4.69, 9.17) is 12.2 Å². The van der Waals surface area contributed by atoms with Crippen LogP contribution in [0.1, 0.15) is 17.5 Å². The Labute approximate surface area is 145 Å². The lowest BCUT2D eigenvalue weighted by molar-refractivity contribution is -0.141. The molecule has 128 valence electrons. The number of halogens is 3. The molecule has 1 amide bonds. The van der Waals surface area contributed by atoms with Crippen LogP contribution in [0.25, 0.3) is 6.08 Å². The van der Waals surface area contributed by atoms with Crippen molar-refractivity contribution in [2.24, 2.45) is 0 Å². The predicted molar refractivity (Wildman–Crippen MR) is 88.0 cm³/mol. The van der Waals surface area contributed by atoms with Gasteiger partial charge in [-0.05, 0) is 23.8 Å². The van der Waals surface area contributed by atoms with Crippen molar-refractivity contribution in [3.8, 4) is 0 Å². The SMILES string of the molecule is COC(=O)CCN1C(=O)/C(=C\c2ccc(C(F)(F)F)cc2)SC1=S. The number of hydrogen-bond acceptors (Lipinski definition) is 5. The van der Waals surface area contributed by atoms with E-state index in [0.29, 0.717) is 14.8 Å². The summed E-state index contributed by atoms with van der Waals surface area (Å²) in [7, 11) is 1.25. The quantitative estimate of drug-likeness (QED) is 0.458. The molecule has 24 heavy (non-hydrogen) atoms. The third kappa shape index (κ3) is 4.35. The van der Waals surface area contributed by atoms with Crippen LogP contribution in [0.5, 0.6) is 0 Å². The minimum atomic E-state index is -4.41. The Morgan fingerprint density at radius 1 is 1.33 bits per heavy atom. The molecule has 0 N–H and O–H groups in total. The second kappa shape index (κ2) is 7.35. The van der Waals surface area contributed by atoms with E-state index in [1.54, 1.807) is 0 Å². The van der Waals surface area contributed by atoms with Crippen molar-refractivity contribution in [1.29, 1.82) is 0 Å². The van der Waals surface area contributed by atoms with Crippen molar-refractivity contribution in [2.45, 2.75) is 12.6 Å². The molecule has 4 nitrogen and oxygen atoms in total. The summed E-state index contributed by atoms with van der Waals surface area (Å²) >= 11 is 6.14. The van der Waals surface area contributed by atoms with E-state index in [1.165, 1.54) is 30.2 Å². The first-order chi connectivity index (χ1) is 11.2. The lowest BCUT2D eigenvalue weighted by atomic mass is 10.1. The smallest absolute Gasteiger partial charge is 0.416 e. The van der Waals surface area contributed by atoms with Crippen LogP contribution in [-0.4, -0.2) is 34.8 Å². The number of carbonyl (C=O) groups is 2. The van der Waals surface area contributed by atoms with Crippen molar-refractivity contribution >= 4 is 46.3 Å². The number of amides is 1. The highest BCUT2D eigenvalue weighted by Crippen LogP contribution is 2.33. The Hall–Kier alpha value is -1.87. The monoisotopic (exact) mass is 375 g/mol. The molecule has 0 aliphatic carbocycles. The van der Waals surface area contributed by atoms with Gasteiger partial charge in [0.15, 0.2) is 0 Å². The fourth-order valence-corrected chi connectivity index (χ4v) is 3.23. The van der Waals surface area contributed by atoms with Gasteiger partial charge in [0, 0.05) is 6.54 Å². The molecule has 1 aromatic rings. The number of rotatable bonds is 4. The van der Waals surface area contributed by atoms with E-state index < -0.39 is 17.7 Å². The van der Waals surface area contributed by atoms with Gasteiger partial charge in [-0.3, -0.25) is 14.5 Å². The van der Waals surface area contributed by atoms with E-state index >= 15 is 0 Å². The summed E-state index contributed by atoms with van der Waals surface area (Å²) in [4.78, 5) is 25.0. The minimum absolute atomic E-state index is 0.0104. The summed E-state index contributed by atoms with van der Waals surface area (Å²) in [6, 6.07) is 4.46. The maximum Gasteiger partial charge on any atom is 0.416 e. The number of carbonyl (C=O) groups excluding carboxylic acids is 2. The Balaban J connectivity index is 2.12. The number of thiocarbonyl (C=S) groups is 1. The first kappa shape index (κ1) is 18.5. The number of methoxy groups -OCH3 is 1. The molecule has 2 rings (SSSR count). The molecule has 1 aromatic carbocycles. The number of benzene rings is 1. The molecule has 1 fully saturated rings. The largest absolute Gasteiger partial charge is 0.469 e. The number of hydrogen-bond donors (Lipinski definition) is 0. The zero-order valence-electron chi connectivity index (χ0n) is 12.4. The number of ether oxygens (including phenoxy) is 1. The van der Waals surface area contributed by atoms with Crippen molar-refractivity contribution in [2.75, 3.05) is 13.7 Å². The summed E-state index contributed by atoms with van der Waals surface area (Å²) in [5, 5.41) is 0. The third-order valence-electron chi connectivity index (χ3n) is 3.18. The highest BCUT2D eigenvalue weighted by molar-refractivity contribution is 8.26. The average molecular weight is 375 g/mol. The first-order valence-electron chi connectivity index (χ1n) is 6.72. The fourth-order valence-electron chi connectivity index (χ4n) is 1.92. The van der Waals surface area contributed by atoms with Gasteiger partial charge in [0.2, 0.25) is 0 Å². The molecule has 1 aliphatic rings. The van der Waals surface area contributed by atoms with Crippen LogP contribution in [0, 0.1) is 0 Å². The molecule has 0 unspecified atom stereocenters. The molecule has 0 atom stereocenters. The van der Waals surface area contributed by atoms with E-state index in [1.807, 2.05) is 0 Å². The van der Waals surface area contributed by atoms with E-state index in [9.17, 15) is 22.8 Å². The maximum absolute atomic E-state index is 12.5. The van der Waals surface area contributed by atoms with Crippen LogP contribution < -0.4 is 0 Å². The van der Waals surface area contributed by atoms with Crippen LogP contribution in [0.4, 0.5) is 13.2 Å². The van der Waals surface area contributed by atoms with Crippen molar-refractivity contribution < 1.29 is 27.5 Å².